The highest BCUT2D eigenvalue weighted by molar-refractivity contribution is 5.87. The molecule has 0 amide bonds. The molecule has 1 rings (SSSR count). The Morgan fingerprint density at radius 1 is 1.21 bits per heavy atom. The van der Waals surface area contributed by atoms with Gasteiger partial charge in [0.1, 0.15) is 5.82 Å². The van der Waals surface area contributed by atoms with Crippen LogP contribution >= 0.6 is 0 Å². The molecule has 0 saturated heterocycles. The van der Waals surface area contributed by atoms with Crippen molar-refractivity contribution in [2.75, 3.05) is 19.8 Å². The van der Waals surface area contributed by atoms with Gasteiger partial charge in [0, 0.05) is 6.61 Å². The van der Waals surface area contributed by atoms with Gasteiger partial charge in [-0.15, -0.1) is 0 Å². The van der Waals surface area contributed by atoms with Crippen LogP contribution in [-0.4, -0.2) is 30.9 Å². The van der Waals surface area contributed by atoms with Gasteiger partial charge in [-0.05, 0) is 30.2 Å². The van der Waals surface area contributed by atoms with Crippen molar-refractivity contribution in [3.8, 4) is 0 Å². The summed E-state index contributed by atoms with van der Waals surface area (Å²) in [6.07, 6.45) is 2.11. The number of rotatable bonds is 9. The molecule has 1 aromatic rings. The van der Waals surface area contributed by atoms with Gasteiger partial charge in [-0.2, -0.15) is 0 Å². The molecule has 0 aromatic heterocycles. The van der Waals surface area contributed by atoms with Crippen LogP contribution in [0.25, 0.3) is 0 Å². The standard InChI is InChI=1S/C14H19FO4/c1-2-3-4-18-5-6-19-10-11-7-12(14(16)17)9-13(15)8-11/h7-9H,2-6,10H2,1H3,(H,16,17). The Hall–Kier alpha value is -1.46. The Kier molecular flexibility index (Phi) is 7.07. The number of ether oxygens (including phenoxy) is 2. The quantitative estimate of drug-likeness (QED) is 0.701. The number of carbonyl (C=O) groups is 1. The average Bonchev–Trinajstić information content (AvgIpc) is 2.37. The Balaban J connectivity index is 2.31. The van der Waals surface area contributed by atoms with E-state index in [-0.39, 0.29) is 12.2 Å². The molecule has 0 atom stereocenters. The average molecular weight is 270 g/mol. The fourth-order valence-electron chi connectivity index (χ4n) is 1.51. The largest absolute Gasteiger partial charge is 0.478 e. The highest BCUT2D eigenvalue weighted by atomic mass is 19.1. The van der Waals surface area contributed by atoms with Crippen LogP contribution in [0.4, 0.5) is 4.39 Å². The fourth-order valence-corrected chi connectivity index (χ4v) is 1.51. The zero-order valence-electron chi connectivity index (χ0n) is 11.0. The van der Waals surface area contributed by atoms with E-state index < -0.39 is 11.8 Å². The predicted octanol–water partition coefficient (Wildman–Crippen LogP) is 2.86. The lowest BCUT2D eigenvalue weighted by Crippen LogP contribution is -2.06. The second-order valence-electron chi connectivity index (χ2n) is 4.17. The van der Waals surface area contributed by atoms with Gasteiger partial charge in [0.25, 0.3) is 0 Å². The van der Waals surface area contributed by atoms with Crippen molar-refractivity contribution in [2.45, 2.75) is 26.4 Å². The highest BCUT2D eigenvalue weighted by Gasteiger charge is 2.07. The first-order valence-electron chi connectivity index (χ1n) is 6.31. The number of benzene rings is 1. The van der Waals surface area contributed by atoms with E-state index in [0.717, 1.165) is 18.9 Å². The van der Waals surface area contributed by atoms with Crippen LogP contribution in [0.1, 0.15) is 35.7 Å². The van der Waals surface area contributed by atoms with E-state index >= 15 is 0 Å². The zero-order valence-corrected chi connectivity index (χ0v) is 11.0. The van der Waals surface area contributed by atoms with Gasteiger partial charge in [-0.3, -0.25) is 0 Å². The molecule has 0 unspecified atom stereocenters. The van der Waals surface area contributed by atoms with Crippen LogP contribution < -0.4 is 0 Å². The van der Waals surface area contributed by atoms with Crippen LogP contribution in [0.3, 0.4) is 0 Å². The van der Waals surface area contributed by atoms with E-state index in [1.54, 1.807) is 0 Å². The van der Waals surface area contributed by atoms with Crippen LogP contribution in [0.15, 0.2) is 18.2 Å². The van der Waals surface area contributed by atoms with Gasteiger partial charge in [0.05, 0.1) is 25.4 Å². The first-order valence-corrected chi connectivity index (χ1v) is 6.31. The van der Waals surface area contributed by atoms with Crippen LogP contribution in [-0.2, 0) is 16.1 Å². The maximum atomic E-state index is 13.2. The van der Waals surface area contributed by atoms with Gasteiger partial charge >= 0.3 is 5.97 Å². The van der Waals surface area contributed by atoms with Gasteiger partial charge in [0.2, 0.25) is 0 Å². The molecule has 0 saturated carbocycles. The van der Waals surface area contributed by atoms with Crippen molar-refractivity contribution < 1.29 is 23.8 Å². The Morgan fingerprint density at radius 2 is 1.95 bits per heavy atom. The summed E-state index contributed by atoms with van der Waals surface area (Å²) in [5, 5.41) is 8.80. The summed E-state index contributed by atoms with van der Waals surface area (Å²) in [5.41, 5.74) is 0.434. The number of unbranched alkanes of at least 4 members (excludes halogenated alkanes) is 1. The molecular formula is C14H19FO4. The minimum Gasteiger partial charge on any atom is -0.478 e. The van der Waals surface area contributed by atoms with Gasteiger partial charge in [-0.1, -0.05) is 13.3 Å². The van der Waals surface area contributed by atoms with Crippen molar-refractivity contribution in [2.24, 2.45) is 0 Å². The molecule has 19 heavy (non-hydrogen) atoms. The predicted molar refractivity (Wildman–Crippen MR) is 68.7 cm³/mol. The smallest absolute Gasteiger partial charge is 0.335 e. The van der Waals surface area contributed by atoms with E-state index in [1.807, 2.05) is 0 Å². The van der Waals surface area contributed by atoms with E-state index in [4.69, 9.17) is 14.6 Å². The highest BCUT2D eigenvalue weighted by Crippen LogP contribution is 2.10. The third-order valence-electron chi connectivity index (χ3n) is 2.49. The molecule has 0 fully saturated rings. The molecule has 1 aromatic carbocycles. The molecule has 0 radical (unpaired) electrons. The summed E-state index contributed by atoms with van der Waals surface area (Å²) in [6.45, 7) is 3.87. The van der Waals surface area contributed by atoms with Crippen molar-refractivity contribution in [3.63, 3.8) is 0 Å². The van der Waals surface area contributed by atoms with Crippen LogP contribution in [0.5, 0.6) is 0 Å². The molecule has 106 valence electrons. The lowest BCUT2D eigenvalue weighted by Gasteiger charge is -2.06. The summed E-state index contributed by atoms with van der Waals surface area (Å²) < 4.78 is 23.8. The van der Waals surface area contributed by atoms with Crippen molar-refractivity contribution >= 4 is 5.97 Å². The van der Waals surface area contributed by atoms with Crippen molar-refractivity contribution in [1.29, 1.82) is 0 Å². The van der Waals surface area contributed by atoms with Gasteiger partial charge < -0.3 is 14.6 Å². The summed E-state index contributed by atoms with van der Waals surface area (Å²) in [7, 11) is 0. The second-order valence-corrected chi connectivity index (χ2v) is 4.17. The number of hydrogen-bond acceptors (Lipinski definition) is 3. The lowest BCUT2D eigenvalue weighted by atomic mass is 10.1. The molecule has 0 spiro atoms. The minimum absolute atomic E-state index is 0.0715. The number of halogens is 1. The molecule has 0 heterocycles. The fraction of sp³-hybridized carbons (Fsp3) is 0.500. The van der Waals surface area contributed by atoms with E-state index in [9.17, 15) is 9.18 Å². The minimum atomic E-state index is -1.15. The Morgan fingerprint density at radius 3 is 2.63 bits per heavy atom. The summed E-state index contributed by atoms with van der Waals surface area (Å²) in [5.74, 6) is -1.72. The molecule has 1 N–H and O–H groups in total. The number of hydrogen-bond donors (Lipinski definition) is 1. The maximum absolute atomic E-state index is 13.2. The molecule has 4 nitrogen and oxygen atoms in total. The SMILES string of the molecule is CCCCOCCOCc1cc(F)cc(C(=O)O)c1. The van der Waals surface area contributed by atoms with E-state index in [1.165, 1.54) is 12.1 Å². The molecule has 5 heteroatoms. The Labute approximate surface area is 112 Å². The summed E-state index contributed by atoms with van der Waals surface area (Å²) in [4.78, 5) is 10.8. The number of carboxylic acids is 1. The molecule has 0 aliphatic carbocycles. The third-order valence-corrected chi connectivity index (χ3v) is 2.49. The van der Waals surface area contributed by atoms with E-state index in [0.29, 0.717) is 25.4 Å². The number of carboxylic acid groups (broad SMARTS) is 1. The Bertz CT molecular complexity index is 406. The zero-order chi connectivity index (χ0) is 14.1. The van der Waals surface area contributed by atoms with Crippen LogP contribution in [0.2, 0.25) is 0 Å². The van der Waals surface area contributed by atoms with Gasteiger partial charge in [0.15, 0.2) is 0 Å². The molecule has 0 aliphatic heterocycles. The monoisotopic (exact) mass is 270 g/mol. The van der Waals surface area contributed by atoms with Gasteiger partial charge in [-0.25, -0.2) is 9.18 Å². The summed E-state index contributed by atoms with van der Waals surface area (Å²) >= 11 is 0. The topological polar surface area (TPSA) is 55.8 Å². The first-order chi connectivity index (χ1) is 9.13. The molecule has 0 bridgehead atoms. The van der Waals surface area contributed by atoms with E-state index in [2.05, 4.69) is 6.92 Å². The first kappa shape index (κ1) is 15.6. The number of aromatic carboxylic acids is 1. The second kappa shape index (κ2) is 8.61. The lowest BCUT2D eigenvalue weighted by molar-refractivity contribution is 0.0395. The summed E-state index contributed by atoms with van der Waals surface area (Å²) in [6, 6.07) is 3.66. The molecular weight excluding hydrogens is 251 g/mol. The molecule has 0 aliphatic rings. The normalized spacial score (nSPS) is 10.6. The third kappa shape index (κ3) is 6.31. The van der Waals surface area contributed by atoms with Crippen molar-refractivity contribution in [3.05, 3.63) is 35.1 Å². The maximum Gasteiger partial charge on any atom is 0.335 e. The van der Waals surface area contributed by atoms with Crippen LogP contribution in [0, 0.1) is 5.82 Å². The van der Waals surface area contributed by atoms with Crippen molar-refractivity contribution in [1.82, 2.24) is 0 Å².